The number of alkyl halides is 1. The average Bonchev–Trinajstić information content (AvgIpc) is 3.65. The Morgan fingerprint density at radius 2 is 1.77 bits per heavy atom. The van der Waals surface area contributed by atoms with Crippen molar-refractivity contribution in [2.75, 3.05) is 37.7 Å². The van der Waals surface area contributed by atoms with E-state index >= 15 is 8.78 Å². The third kappa shape index (κ3) is 6.09. The van der Waals surface area contributed by atoms with Crippen LogP contribution in [0.5, 0.6) is 11.8 Å². The molecular formula is C34H39BrF3N5O4. The van der Waals surface area contributed by atoms with Gasteiger partial charge in [0.15, 0.2) is 17.4 Å². The number of anilines is 1. The van der Waals surface area contributed by atoms with Crippen molar-refractivity contribution in [3.8, 4) is 11.8 Å². The number of nitrogens with zero attached hydrogens (tertiary/aromatic N) is 5. The van der Waals surface area contributed by atoms with Crippen molar-refractivity contribution >= 4 is 38.7 Å². The lowest BCUT2D eigenvalue weighted by Gasteiger charge is -2.42. The van der Waals surface area contributed by atoms with E-state index < -0.39 is 33.4 Å². The number of hydrogen-bond acceptors (Lipinski definition) is 8. The van der Waals surface area contributed by atoms with E-state index in [1.165, 1.54) is 0 Å². The molecule has 0 aliphatic carbocycles. The molecule has 4 fully saturated rings. The summed E-state index contributed by atoms with van der Waals surface area (Å²) in [6, 6.07) is 8.82. The standard InChI is InChI=1S/C34H39BrF3N5O4/c1-33(2,3)47-32(44)43-22-10-11-23(43)17-41(16-22)30-24-28(26(37)25(35)27(38)29(24)45-18-20-8-5-4-6-9-20)39-31(40-30)46-19-34-12-7-13-42(34)15-21(36)14-34/h4-6,8-9,21-23H,7,10-19H2,1-3H3/t21-,22?,23?,34+/m1/s1. The number of rotatable bonds is 7. The number of amides is 1. The summed E-state index contributed by atoms with van der Waals surface area (Å²) >= 11 is 3.08. The monoisotopic (exact) mass is 717 g/mol. The molecule has 2 bridgehead atoms. The van der Waals surface area contributed by atoms with E-state index in [4.69, 9.17) is 19.2 Å². The normalized spacial score (nSPS) is 25.8. The Hall–Kier alpha value is -3.32. The second-order valence-electron chi connectivity index (χ2n) is 14.1. The summed E-state index contributed by atoms with van der Waals surface area (Å²) in [5, 5.41) is 0.0851. The number of benzene rings is 2. The van der Waals surface area contributed by atoms with Gasteiger partial charge in [0.05, 0.1) is 27.5 Å². The Balaban J connectivity index is 1.28. The minimum Gasteiger partial charge on any atom is -0.485 e. The largest absolute Gasteiger partial charge is 0.485 e. The summed E-state index contributed by atoms with van der Waals surface area (Å²) in [5.41, 5.74) is -0.470. The van der Waals surface area contributed by atoms with Crippen LogP contribution < -0.4 is 14.4 Å². The Morgan fingerprint density at radius 3 is 2.47 bits per heavy atom. The predicted molar refractivity (Wildman–Crippen MR) is 174 cm³/mol. The fourth-order valence-electron chi connectivity index (χ4n) is 7.70. The lowest BCUT2D eigenvalue weighted by molar-refractivity contribution is 0.0122. The highest BCUT2D eigenvalue weighted by molar-refractivity contribution is 9.10. The molecule has 1 aromatic heterocycles. The summed E-state index contributed by atoms with van der Waals surface area (Å²) in [6.07, 6.45) is 2.26. The van der Waals surface area contributed by atoms with Gasteiger partial charge in [-0.3, -0.25) is 9.80 Å². The fraction of sp³-hybridized carbons (Fsp3) is 0.559. The molecule has 9 nitrogen and oxygen atoms in total. The molecule has 252 valence electrons. The molecule has 3 aromatic rings. The summed E-state index contributed by atoms with van der Waals surface area (Å²) in [7, 11) is 0. The van der Waals surface area contributed by atoms with Gasteiger partial charge >= 0.3 is 12.1 Å². The molecule has 47 heavy (non-hydrogen) atoms. The van der Waals surface area contributed by atoms with Gasteiger partial charge in [-0.1, -0.05) is 30.3 Å². The van der Waals surface area contributed by atoms with Crippen molar-refractivity contribution in [1.29, 1.82) is 0 Å². The van der Waals surface area contributed by atoms with Crippen molar-refractivity contribution < 1.29 is 32.2 Å². The van der Waals surface area contributed by atoms with Crippen LogP contribution in [-0.2, 0) is 11.3 Å². The summed E-state index contributed by atoms with van der Waals surface area (Å²) in [4.78, 5) is 28.3. The number of halogens is 4. The second kappa shape index (κ2) is 12.3. The fourth-order valence-corrected chi connectivity index (χ4v) is 8.07. The molecule has 1 amide bonds. The first kappa shape index (κ1) is 32.2. The molecule has 0 spiro atoms. The maximum atomic E-state index is 16.0. The SMILES string of the molecule is CC(C)(C)OC(=O)N1C2CCC1CN(c1nc(OC[C@@]34CCCN3C[C@H](F)C4)nc3c(F)c(Br)c(F)c(OCc4ccccc4)c13)C2. The van der Waals surface area contributed by atoms with Crippen LogP contribution in [0, 0.1) is 11.6 Å². The molecule has 13 heteroatoms. The lowest BCUT2D eigenvalue weighted by atomic mass is 9.95. The minimum absolute atomic E-state index is 0.0308. The van der Waals surface area contributed by atoms with Gasteiger partial charge in [-0.25, -0.2) is 18.0 Å². The van der Waals surface area contributed by atoms with Crippen molar-refractivity contribution in [3.63, 3.8) is 0 Å². The predicted octanol–water partition coefficient (Wildman–Crippen LogP) is 6.79. The van der Waals surface area contributed by atoms with Crippen LogP contribution in [-0.4, -0.2) is 88.0 Å². The first-order valence-corrected chi connectivity index (χ1v) is 17.0. The van der Waals surface area contributed by atoms with Crippen molar-refractivity contribution in [3.05, 3.63) is 52.0 Å². The molecule has 4 aliphatic heterocycles. The van der Waals surface area contributed by atoms with E-state index in [1.54, 1.807) is 4.90 Å². The van der Waals surface area contributed by atoms with Crippen molar-refractivity contribution in [2.24, 2.45) is 0 Å². The molecule has 2 aromatic carbocycles. The number of piperazine rings is 1. The summed E-state index contributed by atoms with van der Waals surface area (Å²) < 4.78 is 64.0. The van der Waals surface area contributed by atoms with Gasteiger partial charge in [-0.05, 0) is 74.5 Å². The molecule has 0 radical (unpaired) electrons. The van der Waals surface area contributed by atoms with Gasteiger partial charge in [0.1, 0.15) is 36.3 Å². The minimum atomic E-state index is -0.940. The Bertz CT molecular complexity index is 1660. The van der Waals surface area contributed by atoms with Gasteiger partial charge in [0.25, 0.3) is 0 Å². The first-order valence-electron chi connectivity index (χ1n) is 16.3. The van der Waals surface area contributed by atoms with Crippen molar-refractivity contribution in [1.82, 2.24) is 19.8 Å². The highest BCUT2D eigenvalue weighted by Gasteiger charge is 2.50. The molecule has 7 rings (SSSR count). The summed E-state index contributed by atoms with van der Waals surface area (Å²) in [5.74, 6) is -1.73. The van der Waals surface area contributed by atoms with Gasteiger partial charge in [-0.2, -0.15) is 9.97 Å². The molecule has 2 unspecified atom stereocenters. The van der Waals surface area contributed by atoms with Crippen LogP contribution in [0.1, 0.15) is 58.4 Å². The van der Waals surface area contributed by atoms with Crippen LogP contribution in [0.15, 0.2) is 34.8 Å². The molecule has 0 saturated carbocycles. The highest BCUT2D eigenvalue weighted by Crippen LogP contribution is 2.45. The van der Waals surface area contributed by atoms with Gasteiger partial charge < -0.3 is 19.1 Å². The van der Waals surface area contributed by atoms with Gasteiger partial charge in [0.2, 0.25) is 0 Å². The van der Waals surface area contributed by atoms with Gasteiger partial charge in [-0.15, -0.1) is 0 Å². The number of fused-ring (bicyclic) bond motifs is 4. The lowest BCUT2D eigenvalue weighted by Crippen LogP contribution is -2.57. The average molecular weight is 719 g/mol. The number of carbonyl (C=O) groups excluding carboxylic acids is 1. The molecule has 5 heterocycles. The van der Waals surface area contributed by atoms with Crippen LogP contribution in [0.25, 0.3) is 10.9 Å². The zero-order chi connectivity index (χ0) is 33.1. The molecular weight excluding hydrogens is 679 g/mol. The molecule has 0 N–H and O–H groups in total. The number of carbonyl (C=O) groups is 1. The Labute approximate surface area is 280 Å². The van der Waals surface area contributed by atoms with E-state index in [0.717, 1.165) is 37.8 Å². The zero-order valence-electron chi connectivity index (χ0n) is 26.8. The molecule has 4 aliphatic rings. The van der Waals surface area contributed by atoms with E-state index in [9.17, 15) is 9.18 Å². The third-order valence-corrected chi connectivity index (χ3v) is 10.4. The maximum Gasteiger partial charge on any atom is 0.410 e. The zero-order valence-corrected chi connectivity index (χ0v) is 28.4. The quantitative estimate of drug-likeness (QED) is 0.247. The van der Waals surface area contributed by atoms with Crippen LogP contribution in [0.4, 0.5) is 23.8 Å². The van der Waals surface area contributed by atoms with Gasteiger partial charge in [0, 0.05) is 26.1 Å². The number of hydrogen-bond donors (Lipinski definition) is 0. The van der Waals surface area contributed by atoms with E-state index in [0.29, 0.717) is 26.1 Å². The molecule has 4 atom stereocenters. The number of ether oxygens (including phenoxy) is 3. The van der Waals surface area contributed by atoms with Crippen LogP contribution in [0.2, 0.25) is 0 Å². The topological polar surface area (TPSA) is 80.3 Å². The Morgan fingerprint density at radius 1 is 1.04 bits per heavy atom. The Kier molecular flexibility index (Phi) is 8.43. The molecule has 4 saturated heterocycles. The van der Waals surface area contributed by atoms with Crippen LogP contribution >= 0.6 is 15.9 Å². The van der Waals surface area contributed by atoms with Crippen LogP contribution in [0.3, 0.4) is 0 Å². The van der Waals surface area contributed by atoms with E-state index in [-0.39, 0.29) is 59.9 Å². The summed E-state index contributed by atoms with van der Waals surface area (Å²) in [6.45, 7) is 7.56. The van der Waals surface area contributed by atoms with E-state index in [2.05, 4.69) is 25.8 Å². The van der Waals surface area contributed by atoms with E-state index in [1.807, 2.05) is 56.0 Å². The second-order valence-corrected chi connectivity index (χ2v) is 14.9. The highest BCUT2D eigenvalue weighted by atomic mass is 79.9. The first-order chi connectivity index (χ1) is 22.4. The maximum absolute atomic E-state index is 16.0. The smallest absolute Gasteiger partial charge is 0.410 e. The number of aromatic nitrogens is 2. The van der Waals surface area contributed by atoms with Crippen molar-refractivity contribution in [2.45, 2.75) is 88.9 Å². The third-order valence-electron chi connectivity index (χ3n) is 9.73.